The van der Waals surface area contributed by atoms with Crippen LogP contribution in [0.5, 0.6) is 0 Å². The van der Waals surface area contributed by atoms with Crippen molar-refractivity contribution in [3.05, 3.63) is 64.8 Å². The maximum absolute atomic E-state index is 12.2. The van der Waals surface area contributed by atoms with Gasteiger partial charge in [-0.1, -0.05) is 37.6 Å². The summed E-state index contributed by atoms with van der Waals surface area (Å²) in [5.41, 5.74) is 2.19. The number of hydrogen-bond donors (Lipinski definition) is 1. The summed E-state index contributed by atoms with van der Waals surface area (Å²) in [5, 5.41) is 8.77. The minimum atomic E-state index is -0.146. The van der Waals surface area contributed by atoms with Crippen molar-refractivity contribution in [2.75, 3.05) is 0 Å². The molecule has 2 aromatic carbocycles. The van der Waals surface area contributed by atoms with Crippen LogP contribution >= 0.6 is 0 Å². The lowest BCUT2D eigenvalue weighted by Gasteiger charge is -2.03. The number of aryl methyl sites for hydroxylation is 1. The molecule has 0 aliphatic rings. The number of rotatable bonds is 5. The van der Waals surface area contributed by atoms with Crippen LogP contribution in [0.15, 0.2) is 57.7 Å². The zero-order chi connectivity index (χ0) is 17.9. The van der Waals surface area contributed by atoms with E-state index in [4.69, 9.17) is 4.42 Å². The normalized spacial score (nSPS) is 11.1. The average molecular weight is 346 g/mol. The Morgan fingerprint density at radius 3 is 2.58 bits per heavy atom. The molecule has 4 aromatic rings. The van der Waals surface area contributed by atoms with Crippen LogP contribution in [-0.4, -0.2) is 20.2 Å². The maximum atomic E-state index is 12.2. The Labute approximate surface area is 149 Å². The van der Waals surface area contributed by atoms with E-state index in [0.29, 0.717) is 28.5 Å². The summed E-state index contributed by atoms with van der Waals surface area (Å²) in [4.78, 5) is 19.6. The van der Waals surface area contributed by atoms with Gasteiger partial charge in [-0.2, -0.15) is 0 Å². The van der Waals surface area contributed by atoms with Crippen molar-refractivity contribution in [2.45, 2.75) is 26.2 Å². The quantitative estimate of drug-likeness (QED) is 0.591. The summed E-state index contributed by atoms with van der Waals surface area (Å²) in [7, 11) is 0. The van der Waals surface area contributed by atoms with Gasteiger partial charge in [0.1, 0.15) is 5.82 Å². The van der Waals surface area contributed by atoms with E-state index >= 15 is 0 Å². The number of unbranched alkanes of at least 4 members (excludes halogenated alkanes) is 1. The summed E-state index contributed by atoms with van der Waals surface area (Å²) in [6, 6.07) is 14.8. The highest BCUT2D eigenvalue weighted by Crippen LogP contribution is 2.23. The molecule has 0 fully saturated rings. The average Bonchev–Trinajstić information content (AvgIpc) is 3.15. The third-order valence-electron chi connectivity index (χ3n) is 4.23. The highest BCUT2D eigenvalue weighted by Gasteiger charge is 2.10. The number of nitrogens with zero attached hydrogens (tertiary/aromatic N) is 3. The van der Waals surface area contributed by atoms with Crippen molar-refractivity contribution < 1.29 is 4.42 Å². The van der Waals surface area contributed by atoms with Crippen molar-refractivity contribution in [1.82, 2.24) is 20.2 Å². The fourth-order valence-electron chi connectivity index (χ4n) is 2.79. The van der Waals surface area contributed by atoms with E-state index in [1.54, 1.807) is 6.07 Å². The molecule has 2 heterocycles. The van der Waals surface area contributed by atoms with Gasteiger partial charge in [-0.3, -0.25) is 4.79 Å². The first kappa shape index (κ1) is 16.2. The number of nitrogens with one attached hydrogen (secondary N) is 1. The Morgan fingerprint density at radius 1 is 1.00 bits per heavy atom. The Bertz CT molecular complexity index is 1100. The number of H-pyrrole nitrogens is 1. The van der Waals surface area contributed by atoms with Gasteiger partial charge in [0.05, 0.1) is 10.9 Å². The van der Waals surface area contributed by atoms with Crippen LogP contribution in [0.3, 0.4) is 0 Å². The zero-order valence-corrected chi connectivity index (χ0v) is 14.4. The molecule has 6 nitrogen and oxygen atoms in total. The van der Waals surface area contributed by atoms with Gasteiger partial charge in [0.2, 0.25) is 11.8 Å². The van der Waals surface area contributed by atoms with Crippen LogP contribution < -0.4 is 5.56 Å². The summed E-state index contributed by atoms with van der Waals surface area (Å²) in [6.45, 7) is 2.13. The Kier molecular flexibility index (Phi) is 4.31. The van der Waals surface area contributed by atoms with Crippen molar-refractivity contribution in [3.8, 4) is 22.8 Å². The molecule has 0 bridgehead atoms. The summed E-state index contributed by atoms with van der Waals surface area (Å²) in [6.07, 6.45) is 2.91. The van der Waals surface area contributed by atoms with Crippen molar-refractivity contribution in [2.24, 2.45) is 0 Å². The molecule has 6 heteroatoms. The third kappa shape index (κ3) is 3.13. The number of para-hydroxylation sites is 1. The molecule has 0 atom stereocenters. The van der Waals surface area contributed by atoms with Crippen LogP contribution in [0, 0.1) is 0 Å². The van der Waals surface area contributed by atoms with E-state index in [-0.39, 0.29) is 5.56 Å². The highest BCUT2D eigenvalue weighted by atomic mass is 16.4. The molecule has 4 rings (SSSR count). The first-order chi connectivity index (χ1) is 12.7. The summed E-state index contributed by atoms with van der Waals surface area (Å²) >= 11 is 0. The number of hydrogen-bond acceptors (Lipinski definition) is 5. The van der Waals surface area contributed by atoms with Crippen molar-refractivity contribution in [3.63, 3.8) is 0 Å². The lowest BCUT2D eigenvalue weighted by atomic mass is 10.1. The molecular weight excluding hydrogens is 328 g/mol. The first-order valence-corrected chi connectivity index (χ1v) is 8.67. The predicted octanol–water partition coefficient (Wildman–Crippen LogP) is 3.98. The summed E-state index contributed by atoms with van der Waals surface area (Å²) < 4.78 is 5.70. The van der Waals surface area contributed by atoms with E-state index in [0.717, 1.165) is 30.4 Å². The molecule has 26 heavy (non-hydrogen) atoms. The number of aromatic nitrogens is 4. The molecule has 0 aliphatic carbocycles. The van der Waals surface area contributed by atoms with Crippen LogP contribution in [0.4, 0.5) is 0 Å². The number of aromatic amines is 1. The van der Waals surface area contributed by atoms with Gasteiger partial charge < -0.3 is 9.40 Å². The Hall–Kier alpha value is -3.28. The van der Waals surface area contributed by atoms with Crippen LogP contribution in [-0.2, 0) is 6.42 Å². The molecule has 2 aromatic heterocycles. The van der Waals surface area contributed by atoms with E-state index in [1.807, 2.05) is 42.5 Å². The predicted molar refractivity (Wildman–Crippen MR) is 99.7 cm³/mol. The highest BCUT2D eigenvalue weighted by molar-refractivity contribution is 5.79. The second kappa shape index (κ2) is 6.92. The summed E-state index contributed by atoms with van der Waals surface area (Å²) in [5.74, 6) is 1.70. The van der Waals surface area contributed by atoms with Gasteiger partial charge in [0.15, 0.2) is 0 Å². The zero-order valence-electron chi connectivity index (χ0n) is 14.4. The molecule has 0 amide bonds. The number of fused-ring (bicyclic) bond motifs is 1. The van der Waals surface area contributed by atoms with E-state index in [2.05, 4.69) is 27.1 Å². The van der Waals surface area contributed by atoms with Gasteiger partial charge in [-0.15, -0.1) is 10.2 Å². The van der Waals surface area contributed by atoms with Gasteiger partial charge in [0.25, 0.3) is 5.56 Å². The minimum Gasteiger partial charge on any atom is -0.421 e. The van der Waals surface area contributed by atoms with Crippen molar-refractivity contribution >= 4 is 10.9 Å². The maximum Gasteiger partial charge on any atom is 0.259 e. The molecule has 0 aliphatic heterocycles. The van der Waals surface area contributed by atoms with Gasteiger partial charge >= 0.3 is 0 Å². The molecule has 0 radical (unpaired) electrons. The van der Waals surface area contributed by atoms with E-state index < -0.39 is 0 Å². The van der Waals surface area contributed by atoms with Gasteiger partial charge in [-0.05, 0) is 30.7 Å². The second-order valence-corrected chi connectivity index (χ2v) is 6.11. The second-order valence-electron chi connectivity index (χ2n) is 6.11. The standard InChI is InChI=1S/C20H18N4O2/c1-2-3-8-17-23-24-20(26-17)14-11-9-13(10-12-14)18-21-16-7-5-4-6-15(16)19(25)22-18/h4-7,9-12H,2-3,8H2,1H3,(H,21,22,25). The topological polar surface area (TPSA) is 84.7 Å². The van der Waals surface area contributed by atoms with Gasteiger partial charge in [-0.25, -0.2) is 4.98 Å². The molecule has 0 spiro atoms. The van der Waals surface area contributed by atoms with E-state index in [9.17, 15) is 4.79 Å². The fourth-order valence-corrected chi connectivity index (χ4v) is 2.79. The van der Waals surface area contributed by atoms with Crippen LogP contribution in [0.25, 0.3) is 33.7 Å². The lowest BCUT2D eigenvalue weighted by Crippen LogP contribution is -2.09. The first-order valence-electron chi connectivity index (χ1n) is 8.67. The number of benzene rings is 2. The molecule has 130 valence electrons. The smallest absolute Gasteiger partial charge is 0.259 e. The SMILES string of the molecule is CCCCc1nnc(-c2ccc(-c3nc4ccccc4c(=O)[nH]3)cc2)o1. The van der Waals surface area contributed by atoms with Gasteiger partial charge in [0, 0.05) is 17.5 Å². The lowest BCUT2D eigenvalue weighted by molar-refractivity contribution is 0.496. The third-order valence-corrected chi connectivity index (χ3v) is 4.23. The molecular formula is C20H18N4O2. The molecule has 0 saturated carbocycles. The monoisotopic (exact) mass is 346 g/mol. The van der Waals surface area contributed by atoms with Crippen LogP contribution in [0.2, 0.25) is 0 Å². The van der Waals surface area contributed by atoms with E-state index in [1.165, 1.54) is 0 Å². The molecule has 1 N–H and O–H groups in total. The minimum absolute atomic E-state index is 0.146. The van der Waals surface area contributed by atoms with Crippen LogP contribution in [0.1, 0.15) is 25.7 Å². The Balaban J connectivity index is 1.64. The molecule has 0 saturated heterocycles. The Morgan fingerprint density at radius 2 is 1.77 bits per heavy atom. The molecule has 0 unspecified atom stereocenters. The van der Waals surface area contributed by atoms with Crippen molar-refractivity contribution in [1.29, 1.82) is 0 Å². The fraction of sp³-hybridized carbons (Fsp3) is 0.200. The largest absolute Gasteiger partial charge is 0.421 e.